The maximum absolute atomic E-state index is 12.7. The first-order valence-corrected chi connectivity index (χ1v) is 12.4. The molecule has 0 fully saturated rings. The van der Waals surface area contributed by atoms with Crippen LogP contribution < -0.4 is 9.44 Å². The van der Waals surface area contributed by atoms with Gasteiger partial charge in [0, 0.05) is 0 Å². The van der Waals surface area contributed by atoms with Gasteiger partial charge in [-0.05, 0) is 43.5 Å². The normalized spacial score (nSPS) is 13.4. The molecule has 0 amide bonds. The van der Waals surface area contributed by atoms with E-state index >= 15 is 0 Å². The van der Waals surface area contributed by atoms with Crippen LogP contribution >= 0.6 is 0 Å². The zero-order chi connectivity index (χ0) is 22.6. The highest BCUT2D eigenvalue weighted by atomic mass is 32.2. The van der Waals surface area contributed by atoms with Crippen molar-refractivity contribution < 1.29 is 16.8 Å². The van der Waals surface area contributed by atoms with Crippen molar-refractivity contribution in [2.75, 3.05) is 6.54 Å². The van der Waals surface area contributed by atoms with Gasteiger partial charge in [-0.3, -0.25) is 0 Å². The quantitative estimate of drug-likeness (QED) is 0.665. The van der Waals surface area contributed by atoms with Gasteiger partial charge in [-0.2, -0.15) is 9.44 Å². The third-order valence-electron chi connectivity index (χ3n) is 4.40. The highest BCUT2D eigenvalue weighted by Gasteiger charge is 2.28. The summed E-state index contributed by atoms with van der Waals surface area (Å²) in [6, 6.07) is 12.3. The summed E-state index contributed by atoms with van der Waals surface area (Å²) in [7, 11) is -7.45. The second-order valence-electron chi connectivity index (χ2n) is 8.19. The van der Waals surface area contributed by atoms with Crippen LogP contribution in [0.3, 0.4) is 0 Å². The van der Waals surface area contributed by atoms with Gasteiger partial charge >= 0.3 is 0 Å². The largest absolute Gasteiger partial charge is 0.241 e. The summed E-state index contributed by atoms with van der Waals surface area (Å²) in [5.74, 6) is 5.61. The summed E-state index contributed by atoms with van der Waals surface area (Å²) in [6.07, 6.45) is 0. The molecular weight excluding hydrogens is 420 g/mol. The minimum absolute atomic E-state index is 0.130. The molecule has 8 heteroatoms. The standard InChI is InChI=1S/C22H28N2O4S2/c1-17-8-12-19(13-9-17)29(25,26)23-16-6-7-21(22(3,4)5)24-30(27,28)20-14-10-18(2)11-15-20/h8-15,21,23-24H,16H2,1-5H3. The fourth-order valence-corrected chi connectivity index (χ4v) is 4.72. The lowest BCUT2D eigenvalue weighted by Gasteiger charge is -2.27. The van der Waals surface area contributed by atoms with Crippen LogP contribution in [-0.4, -0.2) is 29.4 Å². The van der Waals surface area contributed by atoms with E-state index in [4.69, 9.17) is 0 Å². The van der Waals surface area contributed by atoms with Gasteiger partial charge in [-0.1, -0.05) is 68.0 Å². The molecule has 0 saturated heterocycles. The van der Waals surface area contributed by atoms with Crippen molar-refractivity contribution in [1.29, 1.82) is 0 Å². The van der Waals surface area contributed by atoms with E-state index in [1.165, 1.54) is 12.1 Å². The van der Waals surface area contributed by atoms with Crippen molar-refractivity contribution in [1.82, 2.24) is 9.44 Å². The van der Waals surface area contributed by atoms with Crippen LogP contribution in [0.4, 0.5) is 0 Å². The maximum atomic E-state index is 12.7. The van der Waals surface area contributed by atoms with Crippen LogP contribution in [-0.2, 0) is 20.0 Å². The number of hydrogen-bond acceptors (Lipinski definition) is 4. The monoisotopic (exact) mass is 448 g/mol. The van der Waals surface area contributed by atoms with E-state index < -0.39 is 31.5 Å². The second-order valence-corrected chi connectivity index (χ2v) is 11.7. The van der Waals surface area contributed by atoms with E-state index in [1.54, 1.807) is 36.4 Å². The summed E-state index contributed by atoms with van der Waals surface area (Å²) >= 11 is 0. The molecule has 0 bridgehead atoms. The van der Waals surface area contributed by atoms with Crippen molar-refractivity contribution in [3.63, 3.8) is 0 Å². The highest BCUT2D eigenvalue weighted by Crippen LogP contribution is 2.21. The smallest absolute Gasteiger partial charge is 0.207 e. The van der Waals surface area contributed by atoms with E-state index in [0.717, 1.165) is 11.1 Å². The molecule has 2 aromatic rings. The van der Waals surface area contributed by atoms with Gasteiger partial charge in [0.05, 0.1) is 22.4 Å². The van der Waals surface area contributed by atoms with Crippen molar-refractivity contribution in [2.45, 2.75) is 50.5 Å². The first kappa shape index (κ1) is 24.1. The summed E-state index contributed by atoms with van der Waals surface area (Å²) in [6.45, 7) is 9.21. The first-order valence-electron chi connectivity index (χ1n) is 9.45. The van der Waals surface area contributed by atoms with Crippen LogP contribution in [0.25, 0.3) is 0 Å². The minimum Gasteiger partial charge on any atom is -0.207 e. The SMILES string of the molecule is Cc1ccc(S(=O)(=O)NCC#CC(NS(=O)(=O)c2ccc(C)cc2)C(C)(C)C)cc1. The van der Waals surface area contributed by atoms with Crippen LogP contribution in [0, 0.1) is 31.1 Å². The van der Waals surface area contributed by atoms with Gasteiger partial charge in [0.1, 0.15) is 0 Å². The molecule has 1 atom stereocenters. The molecular formula is C22H28N2O4S2. The number of nitrogens with one attached hydrogen (secondary N) is 2. The van der Waals surface area contributed by atoms with Crippen molar-refractivity contribution >= 4 is 20.0 Å². The highest BCUT2D eigenvalue weighted by molar-refractivity contribution is 7.89. The molecule has 0 aliphatic heterocycles. The lowest BCUT2D eigenvalue weighted by atomic mass is 9.88. The van der Waals surface area contributed by atoms with Crippen LogP contribution in [0.1, 0.15) is 31.9 Å². The van der Waals surface area contributed by atoms with Crippen molar-refractivity contribution in [2.24, 2.45) is 5.41 Å². The average Bonchev–Trinajstić information content (AvgIpc) is 2.64. The molecule has 2 rings (SSSR count). The van der Waals surface area contributed by atoms with E-state index in [1.807, 2.05) is 34.6 Å². The average molecular weight is 449 g/mol. The Hall–Kier alpha value is -2.18. The number of hydrogen-bond donors (Lipinski definition) is 2. The Morgan fingerprint density at radius 3 is 1.67 bits per heavy atom. The van der Waals surface area contributed by atoms with Crippen LogP contribution in [0.2, 0.25) is 0 Å². The Kier molecular flexibility index (Phi) is 7.48. The fraction of sp³-hybridized carbons (Fsp3) is 0.364. The van der Waals surface area contributed by atoms with Gasteiger partial charge in [-0.25, -0.2) is 16.8 Å². The molecule has 0 saturated carbocycles. The Morgan fingerprint density at radius 2 is 1.23 bits per heavy atom. The zero-order valence-electron chi connectivity index (χ0n) is 17.9. The Morgan fingerprint density at radius 1 is 0.800 bits per heavy atom. The molecule has 2 N–H and O–H groups in total. The maximum Gasteiger partial charge on any atom is 0.241 e. The molecule has 0 spiro atoms. The summed E-state index contributed by atoms with van der Waals surface area (Å²) in [5.41, 5.74) is 1.42. The molecule has 162 valence electrons. The van der Waals surface area contributed by atoms with Gasteiger partial charge in [0.15, 0.2) is 0 Å². The molecule has 0 aliphatic carbocycles. The lowest BCUT2D eigenvalue weighted by Crippen LogP contribution is -2.42. The van der Waals surface area contributed by atoms with Crippen LogP contribution in [0.5, 0.6) is 0 Å². The molecule has 2 aromatic carbocycles. The summed E-state index contributed by atoms with van der Waals surface area (Å²) < 4.78 is 55.2. The lowest BCUT2D eigenvalue weighted by molar-refractivity contribution is 0.352. The molecule has 30 heavy (non-hydrogen) atoms. The second kappa shape index (κ2) is 9.31. The van der Waals surface area contributed by atoms with Gasteiger partial charge in [-0.15, -0.1) is 0 Å². The van der Waals surface area contributed by atoms with Gasteiger partial charge < -0.3 is 0 Å². The summed E-state index contributed by atoms with van der Waals surface area (Å²) in [4.78, 5) is 0.312. The Labute approximate surface area is 180 Å². The van der Waals surface area contributed by atoms with E-state index in [2.05, 4.69) is 21.3 Å². The van der Waals surface area contributed by atoms with Crippen LogP contribution in [0.15, 0.2) is 58.3 Å². The zero-order valence-corrected chi connectivity index (χ0v) is 19.5. The Bertz CT molecular complexity index is 1130. The first-order chi connectivity index (χ1) is 13.8. The predicted octanol–water partition coefficient (Wildman–Crippen LogP) is 2.98. The molecule has 0 heterocycles. The van der Waals surface area contributed by atoms with Gasteiger partial charge in [0.2, 0.25) is 20.0 Å². The molecule has 0 aliphatic rings. The minimum atomic E-state index is -3.76. The molecule has 0 radical (unpaired) electrons. The fourth-order valence-electron chi connectivity index (χ4n) is 2.45. The van der Waals surface area contributed by atoms with Crippen molar-refractivity contribution in [3.8, 4) is 11.8 Å². The third kappa shape index (κ3) is 6.67. The molecule has 6 nitrogen and oxygen atoms in total. The molecule has 0 aromatic heterocycles. The number of rotatable bonds is 6. The third-order valence-corrected chi connectivity index (χ3v) is 7.25. The van der Waals surface area contributed by atoms with E-state index in [-0.39, 0.29) is 16.3 Å². The Balaban J connectivity index is 2.14. The van der Waals surface area contributed by atoms with Crippen molar-refractivity contribution in [3.05, 3.63) is 59.7 Å². The van der Waals surface area contributed by atoms with Gasteiger partial charge in [0.25, 0.3) is 0 Å². The predicted molar refractivity (Wildman–Crippen MR) is 119 cm³/mol. The summed E-state index contributed by atoms with van der Waals surface area (Å²) in [5, 5.41) is 0. The van der Waals surface area contributed by atoms with E-state index in [9.17, 15) is 16.8 Å². The number of aryl methyl sites for hydroxylation is 2. The van der Waals surface area contributed by atoms with E-state index in [0.29, 0.717) is 0 Å². The number of benzene rings is 2. The molecule has 1 unspecified atom stereocenters. The number of sulfonamides is 2. The topological polar surface area (TPSA) is 92.3 Å².